The first-order valence-electron chi connectivity index (χ1n) is 6.93. The number of hydrogen-bond acceptors (Lipinski definition) is 3. The van der Waals surface area contributed by atoms with Crippen LogP contribution in [0.15, 0.2) is 53.5 Å². The van der Waals surface area contributed by atoms with Gasteiger partial charge in [-0.25, -0.2) is 0 Å². The number of amidine groups is 1. The Balaban J connectivity index is 0.000000882. The summed E-state index contributed by atoms with van der Waals surface area (Å²) in [6.07, 6.45) is 0. The molecular weight excluding hydrogens is 319 g/mol. The van der Waals surface area contributed by atoms with Crippen molar-refractivity contribution < 1.29 is 4.74 Å². The highest BCUT2D eigenvalue weighted by molar-refractivity contribution is 6.04. The van der Waals surface area contributed by atoms with Crippen LogP contribution >= 0.6 is 24.8 Å². The number of benzene rings is 2. The Hall–Kier alpha value is -1.71. The van der Waals surface area contributed by atoms with Crippen LogP contribution in [0.3, 0.4) is 0 Å². The van der Waals surface area contributed by atoms with Crippen molar-refractivity contribution in [3.05, 3.63) is 65.2 Å². The van der Waals surface area contributed by atoms with E-state index in [-0.39, 0.29) is 24.8 Å². The van der Waals surface area contributed by atoms with Gasteiger partial charge in [0, 0.05) is 12.1 Å². The standard InChI is InChI=1S/C17H16N2O.2ClH/c1-20-13-8-6-12(7-9-13)16-14-4-2-3-5-15(14)17-18-10-11-19(16)17;;/h2-9,16H,10-11H2,1H3;2*1H. The average molecular weight is 337 g/mol. The van der Waals surface area contributed by atoms with Crippen LogP contribution in [0.25, 0.3) is 0 Å². The number of nitrogens with zero attached hydrogens (tertiary/aromatic N) is 2. The van der Waals surface area contributed by atoms with E-state index in [1.807, 2.05) is 12.1 Å². The summed E-state index contributed by atoms with van der Waals surface area (Å²) >= 11 is 0. The van der Waals surface area contributed by atoms with Crippen molar-refractivity contribution in [1.82, 2.24) is 4.90 Å². The van der Waals surface area contributed by atoms with Gasteiger partial charge in [-0.1, -0.05) is 36.4 Å². The molecule has 0 saturated carbocycles. The SMILES string of the molecule is COc1ccc(C2c3ccccc3C3=NCCN32)cc1.Cl.Cl. The quantitative estimate of drug-likeness (QED) is 0.835. The first kappa shape index (κ1) is 16.7. The van der Waals surface area contributed by atoms with Gasteiger partial charge in [-0.2, -0.15) is 0 Å². The molecule has 0 radical (unpaired) electrons. The lowest BCUT2D eigenvalue weighted by Gasteiger charge is -2.24. The topological polar surface area (TPSA) is 24.8 Å². The second-order valence-electron chi connectivity index (χ2n) is 5.16. The van der Waals surface area contributed by atoms with Crippen molar-refractivity contribution in [2.24, 2.45) is 4.99 Å². The van der Waals surface area contributed by atoms with Gasteiger partial charge in [0.1, 0.15) is 11.6 Å². The van der Waals surface area contributed by atoms with Crippen LogP contribution in [0, 0.1) is 0 Å². The fourth-order valence-corrected chi connectivity index (χ4v) is 3.20. The van der Waals surface area contributed by atoms with Gasteiger partial charge in [0.25, 0.3) is 0 Å². The minimum Gasteiger partial charge on any atom is -0.497 e. The second kappa shape index (κ2) is 6.59. The smallest absolute Gasteiger partial charge is 0.132 e. The van der Waals surface area contributed by atoms with Gasteiger partial charge in [-0.3, -0.25) is 4.99 Å². The molecule has 1 atom stereocenters. The molecule has 2 heterocycles. The van der Waals surface area contributed by atoms with Crippen LogP contribution in [0.4, 0.5) is 0 Å². The zero-order chi connectivity index (χ0) is 13.5. The fourth-order valence-electron chi connectivity index (χ4n) is 3.20. The highest BCUT2D eigenvalue weighted by Crippen LogP contribution is 2.40. The minimum absolute atomic E-state index is 0. The van der Waals surface area contributed by atoms with Crippen LogP contribution in [0.5, 0.6) is 5.75 Å². The Labute approximate surface area is 142 Å². The molecule has 0 bridgehead atoms. The van der Waals surface area contributed by atoms with Crippen molar-refractivity contribution in [3.8, 4) is 5.75 Å². The third kappa shape index (κ3) is 2.44. The summed E-state index contributed by atoms with van der Waals surface area (Å²) in [5, 5.41) is 0. The van der Waals surface area contributed by atoms with Gasteiger partial charge in [0.05, 0.1) is 19.7 Å². The molecule has 2 aliphatic rings. The molecule has 0 amide bonds. The Morgan fingerprint density at radius 3 is 2.50 bits per heavy atom. The first-order chi connectivity index (χ1) is 9.88. The Bertz CT molecular complexity index is 685. The summed E-state index contributed by atoms with van der Waals surface area (Å²) in [5.41, 5.74) is 3.94. The summed E-state index contributed by atoms with van der Waals surface area (Å²) in [4.78, 5) is 7.08. The molecule has 0 fully saturated rings. The first-order valence-corrected chi connectivity index (χ1v) is 6.93. The largest absolute Gasteiger partial charge is 0.497 e. The van der Waals surface area contributed by atoms with Crippen LogP contribution in [-0.4, -0.2) is 30.9 Å². The lowest BCUT2D eigenvalue weighted by atomic mass is 9.97. The average Bonchev–Trinajstić information content (AvgIpc) is 3.08. The lowest BCUT2D eigenvalue weighted by molar-refractivity contribution is 0.402. The molecule has 5 heteroatoms. The van der Waals surface area contributed by atoms with E-state index in [1.165, 1.54) is 16.7 Å². The third-order valence-corrected chi connectivity index (χ3v) is 4.11. The van der Waals surface area contributed by atoms with E-state index in [9.17, 15) is 0 Å². The van der Waals surface area contributed by atoms with Crippen LogP contribution in [0.1, 0.15) is 22.7 Å². The van der Waals surface area contributed by atoms with Crippen molar-refractivity contribution in [2.45, 2.75) is 6.04 Å². The van der Waals surface area contributed by atoms with Gasteiger partial charge < -0.3 is 9.64 Å². The number of halogens is 2. The zero-order valence-corrected chi connectivity index (χ0v) is 13.9. The van der Waals surface area contributed by atoms with E-state index in [0.717, 1.165) is 24.7 Å². The van der Waals surface area contributed by atoms with E-state index in [2.05, 4.69) is 46.3 Å². The molecule has 0 N–H and O–H groups in total. The van der Waals surface area contributed by atoms with Crippen LogP contribution in [0.2, 0.25) is 0 Å². The molecule has 2 aliphatic heterocycles. The minimum atomic E-state index is 0. The summed E-state index contributed by atoms with van der Waals surface area (Å²) in [6.45, 7) is 1.90. The van der Waals surface area contributed by atoms with Crippen molar-refractivity contribution in [2.75, 3.05) is 20.2 Å². The summed E-state index contributed by atoms with van der Waals surface area (Å²) < 4.78 is 5.25. The molecule has 0 spiro atoms. The number of aliphatic imine (C=N–C) groups is 1. The number of methoxy groups -OCH3 is 1. The maximum absolute atomic E-state index is 5.25. The molecule has 0 aliphatic carbocycles. The highest BCUT2D eigenvalue weighted by atomic mass is 35.5. The number of rotatable bonds is 2. The molecule has 4 rings (SSSR count). The molecule has 0 aromatic heterocycles. The molecule has 2 aromatic carbocycles. The van der Waals surface area contributed by atoms with Crippen molar-refractivity contribution >= 4 is 30.6 Å². The maximum Gasteiger partial charge on any atom is 0.132 e. The maximum atomic E-state index is 5.25. The second-order valence-corrected chi connectivity index (χ2v) is 5.16. The number of hydrogen-bond donors (Lipinski definition) is 0. The van der Waals surface area contributed by atoms with Crippen LogP contribution < -0.4 is 4.74 Å². The molecule has 2 aromatic rings. The molecule has 1 unspecified atom stereocenters. The predicted octanol–water partition coefficient (Wildman–Crippen LogP) is 3.70. The monoisotopic (exact) mass is 336 g/mol. The Morgan fingerprint density at radius 2 is 1.77 bits per heavy atom. The van der Waals surface area contributed by atoms with Gasteiger partial charge in [-0.15, -0.1) is 24.8 Å². The van der Waals surface area contributed by atoms with Gasteiger partial charge >= 0.3 is 0 Å². The molecule has 116 valence electrons. The van der Waals surface area contributed by atoms with E-state index in [4.69, 9.17) is 4.74 Å². The van der Waals surface area contributed by atoms with Crippen molar-refractivity contribution in [3.63, 3.8) is 0 Å². The Morgan fingerprint density at radius 1 is 1.05 bits per heavy atom. The normalized spacial score (nSPS) is 17.8. The van der Waals surface area contributed by atoms with E-state index in [0.29, 0.717) is 6.04 Å². The summed E-state index contributed by atoms with van der Waals surface area (Å²) in [5.74, 6) is 2.05. The lowest BCUT2D eigenvalue weighted by Crippen LogP contribution is -2.26. The van der Waals surface area contributed by atoms with Gasteiger partial charge in [0.2, 0.25) is 0 Å². The van der Waals surface area contributed by atoms with E-state index in [1.54, 1.807) is 7.11 Å². The third-order valence-electron chi connectivity index (χ3n) is 4.11. The molecule has 3 nitrogen and oxygen atoms in total. The summed E-state index contributed by atoms with van der Waals surface area (Å²) in [6, 6.07) is 17.3. The van der Waals surface area contributed by atoms with Gasteiger partial charge in [-0.05, 0) is 23.3 Å². The zero-order valence-electron chi connectivity index (χ0n) is 12.2. The molecular formula is C17H18Cl2N2O. The summed E-state index contributed by atoms with van der Waals surface area (Å²) in [7, 11) is 1.70. The van der Waals surface area contributed by atoms with E-state index >= 15 is 0 Å². The Kier molecular flexibility index (Phi) is 4.99. The molecule has 22 heavy (non-hydrogen) atoms. The predicted molar refractivity (Wildman–Crippen MR) is 93.9 cm³/mol. The fraction of sp³-hybridized carbons (Fsp3) is 0.235. The number of ether oxygens (including phenoxy) is 1. The van der Waals surface area contributed by atoms with Crippen molar-refractivity contribution in [1.29, 1.82) is 0 Å². The molecule has 0 saturated heterocycles. The van der Waals surface area contributed by atoms with Crippen LogP contribution in [-0.2, 0) is 0 Å². The van der Waals surface area contributed by atoms with E-state index < -0.39 is 0 Å². The number of fused-ring (bicyclic) bond motifs is 3. The highest BCUT2D eigenvalue weighted by Gasteiger charge is 2.37. The van der Waals surface area contributed by atoms with Gasteiger partial charge in [0.15, 0.2) is 0 Å².